The van der Waals surface area contributed by atoms with Crippen LogP contribution in [0.15, 0.2) is 72.8 Å². The van der Waals surface area contributed by atoms with Gasteiger partial charge in [0.05, 0.1) is 19.3 Å². The molecule has 0 saturated carbocycles. The Hall–Kier alpha value is -4.01. The number of amides is 1. The first kappa shape index (κ1) is 27.2. The van der Waals surface area contributed by atoms with Gasteiger partial charge < -0.3 is 19.1 Å². The molecule has 0 aromatic heterocycles. The van der Waals surface area contributed by atoms with Crippen molar-refractivity contribution in [3.05, 3.63) is 89.5 Å². The van der Waals surface area contributed by atoms with Crippen LogP contribution in [0.4, 0.5) is 0 Å². The highest BCUT2D eigenvalue weighted by Gasteiger charge is 2.51. The molecule has 212 valence electrons. The Labute approximate surface area is 239 Å². The molecule has 8 nitrogen and oxygen atoms in total. The minimum absolute atomic E-state index is 0.0344. The summed E-state index contributed by atoms with van der Waals surface area (Å²) in [5, 5.41) is 0. The number of hydrogen-bond donors (Lipinski definition) is 0. The third-order valence-corrected chi connectivity index (χ3v) is 8.02. The van der Waals surface area contributed by atoms with Gasteiger partial charge in [0.1, 0.15) is 29.3 Å². The van der Waals surface area contributed by atoms with Crippen molar-refractivity contribution >= 4 is 17.5 Å². The monoisotopic (exact) mass is 554 g/mol. The summed E-state index contributed by atoms with van der Waals surface area (Å²) in [6, 6.07) is 21.3. The lowest BCUT2D eigenvalue weighted by molar-refractivity contribution is -0.140. The third-order valence-electron chi connectivity index (χ3n) is 8.02. The molecule has 1 amide bonds. The van der Waals surface area contributed by atoms with Gasteiger partial charge in [0.15, 0.2) is 5.78 Å². The summed E-state index contributed by atoms with van der Waals surface area (Å²) in [6.45, 7) is 6.21. The summed E-state index contributed by atoms with van der Waals surface area (Å²) >= 11 is 0. The van der Waals surface area contributed by atoms with Gasteiger partial charge in [-0.15, -0.1) is 0 Å². The van der Waals surface area contributed by atoms with Crippen LogP contribution >= 0.6 is 0 Å². The largest absolute Gasteiger partial charge is 0.490 e. The van der Waals surface area contributed by atoms with Crippen LogP contribution < -0.4 is 9.47 Å². The zero-order valence-electron chi connectivity index (χ0n) is 23.2. The van der Waals surface area contributed by atoms with Crippen LogP contribution in [0.2, 0.25) is 0 Å². The number of nitrogens with zero attached hydrogens (tertiary/aromatic N) is 2. The molecular formula is C33H34N2O6. The molecule has 3 heterocycles. The zero-order valence-corrected chi connectivity index (χ0v) is 23.2. The number of hydrogen-bond acceptors (Lipinski definition) is 7. The van der Waals surface area contributed by atoms with Crippen LogP contribution in [0.25, 0.3) is 0 Å². The Kier molecular flexibility index (Phi) is 7.85. The fraction of sp³-hybridized carbons (Fsp3) is 0.364. The molecule has 3 aliphatic rings. The highest BCUT2D eigenvalue weighted by Crippen LogP contribution is 2.40. The molecule has 3 aliphatic heterocycles. The SMILES string of the molecule is CC1Cc2cc(C(=O)C3C(=O)C(=O)N(CCCN4CCOCC4)C3c3cccc(Oc4ccccc4)c3)ccc2O1. The fourth-order valence-electron chi connectivity index (χ4n) is 6.03. The van der Waals surface area contributed by atoms with E-state index in [2.05, 4.69) is 4.90 Å². The van der Waals surface area contributed by atoms with Crippen LogP contribution in [0, 0.1) is 5.92 Å². The first-order valence-corrected chi connectivity index (χ1v) is 14.3. The molecule has 41 heavy (non-hydrogen) atoms. The number of Topliss-reactive ketones (excluding diaryl/α,β-unsaturated/α-hetero) is 2. The summed E-state index contributed by atoms with van der Waals surface area (Å²) < 4.78 is 17.3. The van der Waals surface area contributed by atoms with E-state index in [1.165, 1.54) is 0 Å². The van der Waals surface area contributed by atoms with E-state index in [1.54, 1.807) is 17.0 Å². The number of para-hydroxylation sites is 1. The highest BCUT2D eigenvalue weighted by molar-refractivity contribution is 6.44. The molecule has 3 aromatic carbocycles. The number of fused-ring (bicyclic) bond motifs is 1. The molecule has 0 bridgehead atoms. The predicted octanol–water partition coefficient (Wildman–Crippen LogP) is 4.48. The number of morpholine rings is 1. The topological polar surface area (TPSA) is 85.4 Å². The first-order chi connectivity index (χ1) is 20.0. The third kappa shape index (κ3) is 5.76. The van der Waals surface area contributed by atoms with Gasteiger partial charge in [-0.05, 0) is 66.9 Å². The van der Waals surface area contributed by atoms with Gasteiger partial charge in [-0.1, -0.05) is 30.3 Å². The second-order valence-electron chi connectivity index (χ2n) is 10.9. The number of carbonyl (C=O) groups excluding carboxylic acids is 3. The van der Waals surface area contributed by atoms with Crippen molar-refractivity contribution in [3.63, 3.8) is 0 Å². The van der Waals surface area contributed by atoms with E-state index in [4.69, 9.17) is 14.2 Å². The quantitative estimate of drug-likeness (QED) is 0.219. The molecule has 0 spiro atoms. The second-order valence-corrected chi connectivity index (χ2v) is 10.9. The fourth-order valence-corrected chi connectivity index (χ4v) is 6.03. The van der Waals surface area contributed by atoms with Gasteiger partial charge in [-0.3, -0.25) is 19.3 Å². The summed E-state index contributed by atoms with van der Waals surface area (Å²) in [5.74, 6) is -0.753. The van der Waals surface area contributed by atoms with Crippen LogP contribution in [-0.2, 0) is 20.7 Å². The van der Waals surface area contributed by atoms with E-state index in [0.29, 0.717) is 55.2 Å². The number of benzene rings is 3. The highest BCUT2D eigenvalue weighted by atomic mass is 16.5. The van der Waals surface area contributed by atoms with E-state index < -0.39 is 23.7 Å². The first-order valence-electron chi connectivity index (χ1n) is 14.3. The van der Waals surface area contributed by atoms with Gasteiger partial charge in [0.2, 0.25) is 5.78 Å². The van der Waals surface area contributed by atoms with Crippen molar-refractivity contribution in [2.45, 2.75) is 31.9 Å². The Morgan fingerprint density at radius 1 is 0.927 bits per heavy atom. The predicted molar refractivity (Wildman–Crippen MR) is 152 cm³/mol. The lowest BCUT2D eigenvalue weighted by atomic mass is 9.85. The lowest BCUT2D eigenvalue weighted by Gasteiger charge is -2.30. The van der Waals surface area contributed by atoms with Crippen LogP contribution in [0.1, 0.15) is 40.9 Å². The maximum atomic E-state index is 14.0. The second kappa shape index (κ2) is 11.8. The van der Waals surface area contributed by atoms with E-state index in [9.17, 15) is 14.4 Å². The van der Waals surface area contributed by atoms with Crippen molar-refractivity contribution in [2.24, 2.45) is 5.92 Å². The van der Waals surface area contributed by atoms with Crippen molar-refractivity contribution < 1.29 is 28.6 Å². The molecule has 3 aromatic rings. The van der Waals surface area contributed by atoms with Crippen molar-refractivity contribution in [1.29, 1.82) is 0 Å². The summed E-state index contributed by atoms with van der Waals surface area (Å²) in [7, 11) is 0. The molecule has 8 heteroatoms. The molecule has 2 saturated heterocycles. The normalized spacial score (nSPS) is 22.5. The minimum atomic E-state index is -1.14. The summed E-state index contributed by atoms with van der Waals surface area (Å²) in [6.07, 6.45) is 1.42. The molecule has 0 aliphatic carbocycles. The van der Waals surface area contributed by atoms with E-state index in [0.717, 1.165) is 30.9 Å². The Morgan fingerprint density at radius 3 is 2.51 bits per heavy atom. The number of ketones is 2. The summed E-state index contributed by atoms with van der Waals surface area (Å²) in [5.41, 5.74) is 2.06. The van der Waals surface area contributed by atoms with Crippen LogP contribution in [-0.4, -0.2) is 72.8 Å². The smallest absolute Gasteiger partial charge is 0.291 e. The Bertz CT molecular complexity index is 1430. The van der Waals surface area contributed by atoms with Gasteiger partial charge >= 0.3 is 0 Å². The Balaban J connectivity index is 1.30. The molecule has 6 rings (SSSR count). The molecule has 3 unspecified atom stereocenters. The average Bonchev–Trinajstić information content (AvgIpc) is 3.49. The minimum Gasteiger partial charge on any atom is -0.490 e. The standard InChI is InChI=1S/C33H34N2O6/c1-22-19-25-20-24(11-12-28(25)40-22)31(36)29-30(23-7-5-10-27(21-23)41-26-8-3-2-4-9-26)35(33(38)32(29)37)14-6-13-34-15-17-39-18-16-34/h2-5,7-12,20-22,29-30H,6,13-19H2,1H3. The maximum absolute atomic E-state index is 14.0. The number of rotatable bonds is 9. The summed E-state index contributed by atoms with van der Waals surface area (Å²) in [4.78, 5) is 44.9. The number of carbonyl (C=O) groups is 3. The van der Waals surface area contributed by atoms with Crippen LogP contribution in [0.5, 0.6) is 17.2 Å². The van der Waals surface area contributed by atoms with E-state index in [1.807, 2.05) is 67.6 Å². The van der Waals surface area contributed by atoms with Gasteiger partial charge in [-0.25, -0.2) is 0 Å². The zero-order chi connectivity index (χ0) is 28.3. The van der Waals surface area contributed by atoms with E-state index >= 15 is 0 Å². The maximum Gasteiger partial charge on any atom is 0.291 e. The molecule has 2 fully saturated rings. The average molecular weight is 555 g/mol. The lowest BCUT2D eigenvalue weighted by Crippen LogP contribution is -2.39. The molecule has 3 atom stereocenters. The number of likely N-dealkylation sites (tertiary alicyclic amines) is 1. The van der Waals surface area contributed by atoms with Gasteiger partial charge in [0, 0.05) is 38.2 Å². The van der Waals surface area contributed by atoms with Gasteiger partial charge in [-0.2, -0.15) is 0 Å². The van der Waals surface area contributed by atoms with Gasteiger partial charge in [0.25, 0.3) is 5.91 Å². The molecular weight excluding hydrogens is 520 g/mol. The van der Waals surface area contributed by atoms with Crippen LogP contribution in [0.3, 0.4) is 0 Å². The Morgan fingerprint density at radius 2 is 1.71 bits per heavy atom. The van der Waals surface area contributed by atoms with Crippen molar-refractivity contribution in [2.75, 3.05) is 39.4 Å². The van der Waals surface area contributed by atoms with E-state index in [-0.39, 0.29) is 11.9 Å². The molecule has 0 N–H and O–H groups in total. The van der Waals surface area contributed by atoms with Crippen molar-refractivity contribution in [3.8, 4) is 17.2 Å². The van der Waals surface area contributed by atoms with Crippen molar-refractivity contribution in [1.82, 2.24) is 9.80 Å². The molecule has 0 radical (unpaired) electrons. The number of ether oxygens (including phenoxy) is 3.